The van der Waals surface area contributed by atoms with E-state index in [0.29, 0.717) is 15.1 Å². The molecule has 0 saturated heterocycles. The molecule has 2 rings (SSSR count). The van der Waals surface area contributed by atoms with Crippen molar-refractivity contribution in [1.29, 1.82) is 0 Å². The van der Waals surface area contributed by atoms with Crippen molar-refractivity contribution in [2.75, 3.05) is 0 Å². The maximum atomic E-state index is 5.94. The van der Waals surface area contributed by atoms with Crippen molar-refractivity contribution in [3.63, 3.8) is 0 Å². The van der Waals surface area contributed by atoms with E-state index in [1.807, 2.05) is 31.2 Å². The van der Waals surface area contributed by atoms with Crippen molar-refractivity contribution in [2.45, 2.75) is 6.92 Å². The highest BCUT2D eigenvalue weighted by Gasteiger charge is 1.99. The molecule has 0 aliphatic heterocycles. The molecule has 0 atom stereocenters. The van der Waals surface area contributed by atoms with Crippen molar-refractivity contribution in [3.8, 4) is 0 Å². The number of nitrogens with zero attached hydrogens (tertiary/aromatic N) is 1. The minimum atomic E-state index is 0.517. The van der Waals surface area contributed by atoms with Gasteiger partial charge in [0.25, 0.3) is 0 Å². The predicted octanol–water partition coefficient (Wildman–Crippen LogP) is 5.71. The monoisotopic (exact) mass is 297 g/mol. The Morgan fingerprint density at radius 2 is 1.72 bits per heavy atom. The Hall–Kier alpha value is -1.02. The van der Waals surface area contributed by atoms with Crippen molar-refractivity contribution in [3.05, 3.63) is 62.6 Å². The van der Waals surface area contributed by atoms with Gasteiger partial charge >= 0.3 is 0 Å². The molecule has 0 aliphatic rings. The maximum Gasteiger partial charge on any atom is 0.0673 e. The largest absolute Gasteiger partial charge is 0.256 e. The molecule has 2 aromatic rings. The molecule has 0 bridgehead atoms. The molecular weight excluding hydrogens is 289 g/mol. The van der Waals surface area contributed by atoms with Crippen LogP contribution in [0.4, 0.5) is 5.69 Å². The molecule has 1 nitrogen and oxygen atoms in total. The molecular formula is C14H10Cl3N. The molecule has 0 aromatic heterocycles. The summed E-state index contributed by atoms with van der Waals surface area (Å²) in [5.74, 6) is 0. The highest BCUT2D eigenvalue weighted by atomic mass is 35.5. The number of rotatable bonds is 2. The van der Waals surface area contributed by atoms with Crippen LogP contribution in [0, 0.1) is 6.92 Å². The van der Waals surface area contributed by atoms with E-state index in [1.54, 1.807) is 18.3 Å². The summed E-state index contributed by atoms with van der Waals surface area (Å²) in [6.07, 6.45) is 1.74. The summed E-state index contributed by atoms with van der Waals surface area (Å²) in [6, 6.07) is 11.0. The molecule has 0 fully saturated rings. The van der Waals surface area contributed by atoms with Gasteiger partial charge in [-0.3, -0.25) is 4.99 Å². The summed E-state index contributed by atoms with van der Waals surface area (Å²) in [5, 5.41) is 1.72. The topological polar surface area (TPSA) is 12.4 Å². The second-order valence-electron chi connectivity index (χ2n) is 3.86. The van der Waals surface area contributed by atoms with Crippen LogP contribution in [0.2, 0.25) is 15.1 Å². The van der Waals surface area contributed by atoms with Crippen LogP contribution in [-0.4, -0.2) is 6.21 Å². The first-order chi connectivity index (χ1) is 8.56. The second-order valence-corrected chi connectivity index (χ2v) is 5.11. The molecule has 2 aromatic carbocycles. The lowest BCUT2D eigenvalue weighted by atomic mass is 10.2. The van der Waals surface area contributed by atoms with E-state index in [1.165, 1.54) is 0 Å². The predicted molar refractivity (Wildman–Crippen MR) is 79.9 cm³/mol. The van der Waals surface area contributed by atoms with Gasteiger partial charge in [-0.1, -0.05) is 46.9 Å². The highest BCUT2D eigenvalue weighted by Crippen LogP contribution is 2.24. The average molecular weight is 299 g/mol. The van der Waals surface area contributed by atoms with Gasteiger partial charge < -0.3 is 0 Å². The first-order valence-electron chi connectivity index (χ1n) is 5.31. The Bertz CT molecular complexity index is 606. The van der Waals surface area contributed by atoms with Crippen LogP contribution in [0.25, 0.3) is 0 Å². The van der Waals surface area contributed by atoms with E-state index in [2.05, 4.69) is 4.99 Å². The minimum absolute atomic E-state index is 0.517. The zero-order valence-electron chi connectivity index (χ0n) is 9.62. The Morgan fingerprint density at radius 3 is 2.44 bits per heavy atom. The zero-order chi connectivity index (χ0) is 13.1. The van der Waals surface area contributed by atoms with Gasteiger partial charge in [-0.15, -0.1) is 0 Å². The number of benzene rings is 2. The molecule has 0 aliphatic carbocycles. The van der Waals surface area contributed by atoms with Crippen LogP contribution >= 0.6 is 34.8 Å². The van der Waals surface area contributed by atoms with Gasteiger partial charge in [-0.2, -0.15) is 0 Å². The van der Waals surface area contributed by atoms with E-state index < -0.39 is 0 Å². The molecule has 18 heavy (non-hydrogen) atoms. The Morgan fingerprint density at radius 1 is 0.944 bits per heavy atom. The van der Waals surface area contributed by atoms with E-state index in [0.717, 1.165) is 16.8 Å². The average Bonchev–Trinajstić information content (AvgIpc) is 2.34. The molecule has 0 heterocycles. The SMILES string of the molecule is Cc1ccc(Cl)cc1N=Cc1ccc(Cl)c(Cl)c1. The van der Waals surface area contributed by atoms with Crippen molar-refractivity contribution in [1.82, 2.24) is 0 Å². The normalized spacial score (nSPS) is 11.1. The van der Waals surface area contributed by atoms with Gasteiger partial charge in [-0.25, -0.2) is 0 Å². The third-order valence-corrected chi connectivity index (χ3v) is 3.44. The summed E-state index contributed by atoms with van der Waals surface area (Å²) in [5.41, 5.74) is 2.80. The minimum Gasteiger partial charge on any atom is -0.256 e. The lowest BCUT2D eigenvalue weighted by Gasteiger charge is -2.01. The van der Waals surface area contributed by atoms with Crippen LogP contribution in [0.5, 0.6) is 0 Å². The molecule has 0 N–H and O–H groups in total. The fraction of sp³-hybridized carbons (Fsp3) is 0.0714. The van der Waals surface area contributed by atoms with Gasteiger partial charge in [0.2, 0.25) is 0 Å². The van der Waals surface area contributed by atoms with Gasteiger partial charge in [0.05, 0.1) is 15.7 Å². The molecule has 0 spiro atoms. The van der Waals surface area contributed by atoms with Crippen LogP contribution in [-0.2, 0) is 0 Å². The van der Waals surface area contributed by atoms with Crippen molar-refractivity contribution in [2.24, 2.45) is 4.99 Å². The zero-order valence-corrected chi connectivity index (χ0v) is 11.9. The number of hydrogen-bond acceptors (Lipinski definition) is 1. The smallest absolute Gasteiger partial charge is 0.0673 e. The Kier molecular flexibility index (Phi) is 4.28. The fourth-order valence-corrected chi connectivity index (χ4v) is 1.93. The number of aryl methyl sites for hydroxylation is 1. The summed E-state index contributed by atoms with van der Waals surface area (Å²) < 4.78 is 0. The summed E-state index contributed by atoms with van der Waals surface area (Å²) >= 11 is 17.7. The summed E-state index contributed by atoms with van der Waals surface area (Å²) in [4.78, 5) is 4.40. The van der Waals surface area contributed by atoms with Gasteiger partial charge in [-0.05, 0) is 42.3 Å². The number of hydrogen-bond donors (Lipinski definition) is 0. The molecule has 92 valence electrons. The third-order valence-electron chi connectivity index (χ3n) is 2.47. The Labute approximate surface area is 121 Å². The highest BCUT2D eigenvalue weighted by molar-refractivity contribution is 6.42. The fourth-order valence-electron chi connectivity index (χ4n) is 1.46. The van der Waals surface area contributed by atoms with E-state index in [4.69, 9.17) is 34.8 Å². The van der Waals surface area contributed by atoms with Crippen LogP contribution in [0.15, 0.2) is 41.4 Å². The van der Waals surface area contributed by atoms with E-state index in [9.17, 15) is 0 Å². The lowest BCUT2D eigenvalue weighted by molar-refractivity contribution is 1.40. The number of halogens is 3. The third kappa shape index (κ3) is 3.26. The van der Waals surface area contributed by atoms with Crippen LogP contribution < -0.4 is 0 Å². The first kappa shape index (κ1) is 13.4. The summed E-state index contributed by atoms with van der Waals surface area (Å²) in [7, 11) is 0. The van der Waals surface area contributed by atoms with Gasteiger partial charge in [0.15, 0.2) is 0 Å². The first-order valence-corrected chi connectivity index (χ1v) is 6.45. The molecule has 0 radical (unpaired) electrons. The van der Waals surface area contributed by atoms with Crippen molar-refractivity contribution >= 4 is 46.7 Å². The second kappa shape index (κ2) is 5.75. The molecule has 0 unspecified atom stereocenters. The van der Waals surface area contributed by atoms with Crippen LogP contribution in [0.3, 0.4) is 0 Å². The quantitative estimate of drug-likeness (QED) is 0.630. The van der Waals surface area contributed by atoms with Gasteiger partial charge in [0, 0.05) is 11.2 Å². The molecule has 0 amide bonds. The van der Waals surface area contributed by atoms with Crippen molar-refractivity contribution < 1.29 is 0 Å². The molecule has 4 heteroatoms. The number of aliphatic imine (C=N–C) groups is 1. The standard InChI is InChI=1S/C14H10Cl3N/c1-9-2-4-11(15)7-14(9)18-8-10-3-5-12(16)13(17)6-10/h2-8H,1H3. The lowest BCUT2D eigenvalue weighted by Crippen LogP contribution is -1.82. The Balaban J connectivity index is 2.29. The molecule has 0 saturated carbocycles. The van der Waals surface area contributed by atoms with E-state index >= 15 is 0 Å². The maximum absolute atomic E-state index is 5.94. The summed E-state index contributed by atoms with van der Waals surface area (Å²) in [6.45, 7) is 1.98. The van der Waals surface area contributed by atoms with Crippen LogP contribution in [0.1, 0.15) is 11.1 Å². The van der Waals surface area contributed by atoms with Gasteiger partial charge in [0.1, 0.15) is 0 Å². The van der Waals surface area contributed by atoms with E-state index in [-0.39, 0.29) is 0 Å².